The van der Waals surface area contributed by atoms with E-state index in [2.05, 4.69) is 13.8 Å². The highest BCUT2D eigenvalue weighted by Gasteiger charge is 2.13. The fraction of sp³-hybridized carbons (Fsp3) is 1.00. The van der Waals surface area contributed by atoms with E-state index in [1.165, 1.54) is 0 Å². The summed E-state index contributed by atoms with van der Waals surface area (Å²) < 4.78 is 11.1. The van der Waals surface area contributed by atoms with Crippen LogP contribution in [0.4, 0.5) is 0 Å². The van der Waals surface area contributed by atoms with Gasteiger partial charge in [-0.1, -0.05) is 26.7 Å². The van der Waals surface area contributed by atoms with Crippen LogP contribution in [-0.2, 0) is 9.47 Å². The van der Waals surface area contributed by atoms with E-state index in [-0.39, 0.29) is 12.3 Å². The van der Waals surface area contributed by atoms with E-state index in [4.69, 9.17) is 15.2 Å². The monoisotopic (exact) mass is 203 g/mol. The quantitative estimate of drug-likeness (QED) is 0.462. The van der Waals surface area contributed by atoms with Crippen molar-refractivity contribution in [3.63, 3.8) is 0 Å². The molecule has 0 aliphatic heterocycles. The van der Waals surface area contributed by atoms with Crippen molar-refractivity contribution >= 4 is 0 Å². The van der Waals surface area contributed by atoms with Crippen LogP contribution in [0, 0.1) is 0 Å². The zero-order valence-corrected chi connectivity index (χ0v) is 9.79. The summed E-state index contributed by atoms with van der Waals surface area (Å²) in [7, 11) is 0. The molecule has 0 bridgehead atoms. The molecule has 0 aromatic rings. The molecular formula is C11H25NO2. The summed E-state index contributed by atoms with van der Waals surface area (Å²) in [6, 6.07) is -0.0521. The summed E-state index contributed by atoms with van der Waals surface area (Å²) in [5.74, 6) is 0. The van der Waals surface area contributed by atoms with E-state index < -0.39 is 0 Å². The minimum absolute atomic E-state index is 0.0521. The van der Waals surface area contributed by atoms with Crippen LogP contribution in [0.1, 0.15) is 46.5 Å². The molecule has 3 nitrogen and oxygen atoms in total. The highest BCUT2D eigenvalue weighted by Crippen LogP contribution is 2.03. The number of ether oxygens (including phenoxy) is 2. The lowest BCUT2D eigenvalue weighted by Gasteiger charge is -2.21. The number of hydrogen-bond acceptors (Lipinski definition) is 3. The maximum atomic E-state index is 5.75. The van der Waals surface area contributed by atoms with Crippen LogP contribution in [0.2, 0.25) is 0 Å². The Hall–Kier alpha value is -0.120. The highest BCUT2D eigenvalue weighted by atomic mass is 16.7. The molecule has 1 atom stereocenters. The smallest absolute Gasteiger partial charge is 0.172 e. The summed E-state index contributed by atoms with van der Waals surface area (Å²) in [5.41, 5.74) is 5.75. The lowest BCUT2D eigenvalue weighted by atomic mass is 10.3. The maximum Gasteiger partial charge on any atom is 0.172 e. The fourth-order valence-electron chi connectivity index (χ4n) is 1.04. The first kappa shape index (κ1) is 13.9. The van der Waals surface area contributed by atoms with Gasteiger partial charge in [-0.2, -0.15) is 0 Å². The second kappa shape index (κ2) is 9.44. The van der Waals surface area contributed by atoms with Crippen LogP contribution < -0.4 is 5.73 Å². The predicted octanol–water partition coefficient (Wildman–Crippen LogP) is 2.29. The molecular weight excluding hydrogens is 178 g/mol. The van der Waals surface area contributed by atoms with Gasteiger partial charge in [0.25, 0.3) is 0 Å². The molecule has 2 N–H and O–H groups in total. The van der Waals surface area contributed by atoms with E-state index in [1.54, 1.807) is 0 Å². The zero-order chi connectivity index (χ0) is 10.8. The van der Waals surface area contributed by atoms with Gasteiger partial charge in [0.15, 0.2) is 6.29 Å². The van der Waals surface area contributed by atoms with E-state index in [9.17, 15) is 0 Å². The van der Waals surface area contributed by atoms with Crippen molar-refractivity contribution in [1.29, 1.82) is 0 Å². The first-order valence-electron chi connectivity index (χ1n) is 5.71. The van der Waals surface area contributed by atoms with Crippen LogP contribution in [0.15, 0.2) is 0 Å². The molecule has 0 radical (unpaired) electrons. The topological polar surface area (TPSA) is 44.5 Å². The Labute approximate surface area is 88.0 Å². The molecule has 0 aromatic heterocycles. The molecule has 0 aliphatic rings. The largest absolute Gasteiger partial charge is 0.351 e. The Balaban J connectivity index is 3.55. The third-order valence-corrected chi connectivity index (χ3v) is 1.99. The van der Waals surface area contributed by atoms with Crippen LogP contribution >= 0.6 is 0 Å². The molecule has 0 aromatic carbocycles. The lowest BCUT2D eigenvalue weighted by Crippen LogP contribution is -2.36. The number of rotatable bonds is 9. The molecule has 0 rings (SSSR count). The summed E-state index contributed by atoms with van der Waals surface area (Å²) >= 11 is 0. The molecule has 0 fully saturated rings. The van der Waals surface area contributed by atoms with Gasteiger partial charge in [-0.15, -0.1) is 0 Å². The van der Waals surface area contributed by atoms with Gasteiger partial charge >= 0.3 is 0 Å². The fourth-order valence-corrected chi connectivity index (χ4v) is 1.04. The minimum Gasteiger partial charge on any atom is -0.351 e. The summed E-state index contributed by atoms with van der Waals surface area (Å²) in [4.78, 5) is 0. The molecule has 3 heteroatoms. The minimum atomic E-state index is -0.229. The SMILES string of the molecule is CCCCOC(OCCCC)[C@H](C)N. The number of hydrogen-bond donors (Lipinski definition) is 1. The van der Waals surface area contributed by atoms with Crippen LogP contribution in [0.3, 0.4) is 0 Å². The molecule has 0 saturated heterocycles. The molecule has 0 heterocycles. The maximum absolute atomic E-state index is 5.75. The second-order valence-electron chi connectivity index (χ2n) is 3.68. The zero-order valence-electron chi connectivity index (χ0n) is 9.79. The van der Waals surface area contributed by atoms with E-state index in [0.717, 1.165) is 38.9 Å². The van der Waals surface area contributed by atoms with Gasteiger partial charge in [0.1, 0.15) is 0 Å². The van der Waals surface area contributed by atoms with Crippen molar-refractivity contribution in [2.45, 2.75) is 58.8 Å². The van der Waals surface area contributed by atoms with Gasteiger partial charge in [0.2, 0.25) is 0 Å². The molecule has 14 heavy (non-hydrogen) atoms. The van der Waals surface area contributed by atoms with Gasteiger partial charge in [-0.25, -0.2) is 0 Å². The molecule has 86 valence electrons. The third kappa shape index (κ3) is 7.30. The molecule has 0 saturated carbocycles. The predicted molar refractivity (Wildman–Crippen MR) is 59.2 cm³/mol. The highest BCUT2D eigenvalue weighted by molar-refractivity contribution is 4.58. The summed E-state index contributed by atoms with van der Waals surface area (Å²) in [5, 5.41) is 0. The van der Waals surface area contributed by atoms with Gasteiger partial charge in [-0.3, -0.25) is 0 Å². The van der Waals surface area contributed by atoms with Crippen molar-refractivity contribution in [2.24, 2.45) is 5.73 Å². The second-order valence-corrected chi connectivity index (χ2v) is 3.68. The van der Waals surface area contributed by atoms with E-state index >= 15 is 0 Å². The van der Waals surface area contributed by atoms with Crippen LogP contribution in [0.25, 0.3) is 0 Å². The number of nitrogens with two attached hydrogens (primary N) is 1. The van der Waals surface area contributed by atoms with Gasteiger partial charge in [0, 0.05) is 13.2 Å². The third-order valence-electron chi connectivity index (χ3n) is 1.99. The Kier molecular flexibility index (Phi) is 9.35. The first-order valence-corrected chi connectivity index (χ1v) is 5.71. The van der Waals surface area contributed by atoms with Crippen molar-refractivity contribution in [1.82, 2.24) is 0 Å². The van der Waals surface area contributed by atoms with Crippen molar-refractivity contribution < 1.29 is 9.47 Å². The Morgan fingerprint density at radius 3 is 1.71 bits per heavy atom. The van der Waals surface area contributed by atoms with Gasteiger partial charge < -0.3 is 15.2 Å². The van der Waals surface area contributed by atoms with Crippen molar-refractivity contribution in [3.8, 4) is 0 Å². The summed E-state index contributed by atoms with van der Waals surface area (Å²) in [6.07, 6.45) is 4.19. The number of unbranched alkanes of at least 4 members (excludes halogenated alkanes) is 2. The Morgan fingerprint density at radius 1 is 1.00 bits per heavy atom. The molecule has 0 unspecified atom stereocenters. The average Bonchev–Trinajstić information content (AvgIpc) is 2.15. The Bertz CT molecular complexity index is 108. The van der Waals surface area contributed by atoms with Gasteiger partial charge in [-0.05, 0) is 19.8 Å². The van der Waals surface area contributed by atoms with Crippen molar-refractivity contribution in [3.05, 3.63) is 0 Å². The molecule has 0 amide bonds. The lowest BCUT2D eigenvalue weighted by molar-refractivity contribution is -0.152. The Morgan fingerprint density at radius 2 is 1.43 bits per heavy atom. The standard InChI is InChI=1S/C11H25NO2/c1-4-6-8-13-11(10(3)12)14-9-7-5-2/h10-11H,4-9,12H2,1-3H3/t10-/m0/s1. The average molecular weight is 203 g/mol. The molecule has 0 spiro atoms. The summed E-state index contributed by atoms with van der Waals surface area (Å²) in [6.45, 7) is 7.69. The van der Waals surface area contributed by atoms with Crippen LogP contribution in [0.5, 0.6) is 0 Å². The van der Waals surface area contributed by atoms with Gasteiger partial charge in [0.05, 0.1) is 6.04 Å². The van der Waals surface area contributed by atoms with Crippen molar-refractivity contribution in [2.75, 3.05) is 13.2 Å². The van der Waals surface area contributed by atoms with Crippen LogP contribution in [-0.4, -0.2) is 25.5 Å². The first-order chi connectivity index (χ1) is 6.72. The van der Waals surface area contributed by atoms with E-state index in [0.29, 0.717) is 0 Å². The normalized spacial score (nSPS) is 13.5. The van der Waals surface area contributed by atoms with E-state index in [1.807, 2.05) is 6.92 Å². The molecule has 0 aliphatic carbocycles.